The Bertz CT molecular complexity index is 151. The summed E-state index contributed by atoms with van der Waals surface area (Å²) in [5.74, 6) is 1.36. The van der Waals surface area contributed by atoms with Crippen molar-refractivity contribution < 1.29 is 0 Å². The van der Waals surface area contributed by atoms with Crippen molar-refractivity contribution in [2.75, 3.05) is 0 Å². The van der Waals surface area contributed by atoms with Gasteiger partial charge in [-0.25, -0.2) is 0 Å². The molecule has 0 heterocycles. The van der Waals surface area contributed by atoms with Crippen LogP contribution in [0.2, 0.25) is 6.32 Å². The van der Waals surface area contributed by atoms with Gasteiger partial charge < -0.3 is 0 Å². The van der Waals surface area contributed by atoms with Crippen LogP contribution in [0.5, 0.6) is 0 Å². The highest BCUT2D eigenvalue weighted by molar-refractivity contribution is 6.10. The van der Waals surface area contributed by atoms with Crippen LogP contribution in [0.3, 0.4) is 0 Å². The topological polar surface area (TPSA) is 0 Å². The number of rotatable bonds is 3. The third-order valence-electron chi connectivity index (χ3n) is 2.49. The van der Waals surface area contributed by atoms with Crippen LogP contribution in [-0.4, -0.2) is 7.85 Å². The molecule has 0 aliphatic heterocycles. The summed E-state index contributed by atoms with van der Waals surface area (Å²) in [5, 5.41) is 0. The van der Waals surface area contributed by atoms with Gasteiger partial charge in [0, 0.05) is 0 Å². The van der Waals surface area contributed by atoms with Crippen molar-refractivity contribution in [1.29, 1.82) is 0 Å². The molecule has 12 heavy (non-hydrogen) atoms. The van der Waals surface area contributed by atoms with Gasteiger partial charge in [0.15, 0.2) is 0 Å². The Morgan fingerprint density at radius 3 is 1.83 bits per heavy atom. The maximum atomic E-state index is 4.16. The van der Waals surface area contributed by atoms with Crippen molar-refractivity contribution in [2.24, 2.45) is 17.3 Å². The maximum Gasteiger partial charge on any atom is 0.106 e. The molecular weight excluding hydrogens is 143 g/mol. The summed E-state index contributed by atoms with van der Waals surface area (Å²) in [6.45, 7) is 15.7. The second-order valence-electron chi connectivity index (χ2n) is 5.10. The highest BCUT2D eigenvalue weighted by Crippen LogP contribution is 2.37. The molecule has 0 aromatic carbocycles. The number of hydrogen-bond donors (Lipinski definition) is 0. The van der Waals surface area contributed by atoms with E-state index in [0.717, 1.165) is 6.32 Å². The van der Waals surface area contributed by atoms with E-state index in [1.807, 2.05) is 0 Å². The third kappa shape index (κ3) is 3.04. The summed E-state index contributed by atoms with van der Waals surface area (Å²) in [6.07, 6.45) is 1.11. The van der Waals surface area contributed by atoms with Crippen molar-refractivity contribution in [3.05, 3.63) is 12.2 Å². The molecule has 0 aliphatic rings. The molecule has 0 rings (SSSR count). The second kappa shape index (κ2) is 4.16. The van der Waals surface area contributed by atoms with Crippen molar-refractivity contribution in [1.82, 2.24) is 0 Å². The van der Waals surface area contributed by atoms with E-state index in [1.54, 1.807) is 0 Å². The van der Waals surface area contributed by atoms with Crippen LogP contribution in [0.15, 0.2) is 12.2 Å². The fourth-order valence-corrected chi connectivity index (χ4v) is 2.30. The lowest BCUT2D eigenvalue weighted by molar-refractivity contribution is 0.217. The lowest BCUT2D eigenvalue weighted by atomic mass is 9.68. The molecule has 0 saturated carbocycles. The summed E-state index contributed by atoms with van der Waals surface area (Å²) < 4.78 is 0. The molecule has 0 bridgehead atoms. The fraction of sp³-hybridized carbons (Fsp3) is 0.818. The van der Waals surface area contributed by atoms with E-state index in [-0.39, 0.29) is 0 Å². The standard InChI is InChI=1S/C11H23B/c1-8(2)10(9(3)7-12)11(4,5)6/h8,10H,3,7,12H2,1-2,4-6H3. The average Bonchev–Trinajstić information content (AvgIpc) is 1.83. The van der Waals surface area contributed by atoms with Crippen LogP contribution in [0.1, 0.15) is 34.6 Å². The van der Waals surface area contributed by atoms with E-state index in [4.69, 9.17) is 0 Å². The zero-order chi connectivity index (χ0) is 9.94. The van der Waals surface area contributed by atoms with Gasteiger partial charge in [-0.15, -0.1) is 6.58 Å². The molecule has 0 N–H and O–H groups in total. The minimum Gasteiger partial charge on any atom is -0.100 e. The molecule has 0 nitrogen and oxygen atoms in total. The van der Waals surface area contributed by atoms with E-state index < -0.39 is 0 Å². The predicted molar refractivity (Wildman–Crippen MR) is 60.3 cm³/mol. The van der Waals surface area contributed by atoms with Crippen LogP contribution >= 0.6 is 0 Å². The third-order valence-corrected chi connectivity index (χ3v) is 2.49. The molecule has 1 heteroatoms. The van der Waals surface area contributed by atoms with Gasteiger partial charge in [-0.3, -0.25) is 0 Å². The summed E-state index contributed by atoms with van der Waals surface area (Å²) in [4.78, 5) is 0. The highest BCUT2D eigenvalue weighted by Gasteiger charge is 2.28. The van der Waals surface area contributed by atoms with E-state index in [1.165, 1.54) is 5.57 Å². The van der Waals surface area contributed by atoms with Crippen molar-refractivity contribution in [2.45, 2.75) is 40.9 Å². The normalized spacial score (nSPS) is 14.8. The van der Waals surface area contributed by atoms with Crippen LogP contribution in [0.25, 0.3) is 0 Å². The van der Waals surface area contributed by atoms with Gasteiger partial charge in [0.05, 0.1) is 0 Å². The van der Waals surface area contributed by atoms with Gasteiger partial charge in [-0.05, 0) is 17.3 Å². The molecule has 0 aromatic heterocycles. The van der Waals surface area contributed by atoms with Gasteiger partial charge in [0.2, 0.25) is 0 Å². The van der Waals surface area contributed by atoms with Crippen LogP contribution in [0.4, 0.5) is 0 Å². The summed E-state index contributed by atoms with van der Waals surface area (Å²) in [6, 6.07) is 0. The predicted octanol–water partition coefficient (Wildman–Crippen LogP) is 2.91. The maximum absolute atomic E-state index is 4.16. The first-order valence-electron chi connectivity index (χ1n) is 4.98. The minimum absolute atomic E-state index is 0.362. The van der Waals surface area contributed by atoms with Crippen LogP contribution in [-0.2, 0) is 0 Å². The molecule has 0 aliphatic carbocycles. The number of hydrogen-bond acceptors (Lipinski definition) is 0. The summed E-state index contributed by atoms with van der Waals surface area (Å²) in [5.41, 5.74) is 1.76. The van der Waals surface area contributed by atoms with E-state index in [2.05, 4.69) is 49.0 Å². The smallest absolute Gasteiger partial charge is 0.100 e. The summed E-state index contributed by atoms with van der Waals surface area (Å²) in [7, 11) is 2.20. The van der Waals surface area contributed by atoms with Gasteiger partial charge in [0.25, 0.3) is 0 Å². The van der Waals surface area contributed by atoms with Gasteiger partial charge in [-0.1, -0.05) is 46.5 Å². The Morgan fingerprint density at radius 2 is 1.75 bits per heavy atom. The van der Waals surface area contributed by atoms with Gasteiger partial charge in [-0.2, -0.15) is 0 Å². The molecule has 0 amide bonds. The van der Waals surface area contributed by atoms with Gasteiger partial charge in [0.1, 0.15) is 7.85 Å². The zero-order valence-electron chi connectivity index (χ0n) is 9.57. The summed E-state index contributed by atoms with van der Waals surface area (Å²) >= 11 is 0. The SMILES string of the molecule is BCC(=C)C(C(C)C)C(C)(C)C. The Hall–Kier alpha value is -0.195. The Kier molecular flexibility index (Phi) is 4.09. The molecular formula is C11H23B. The molecule has 1 unspecified atom stereocenters. The first-order valence-corrected chi connectivity index (χ1v) is 4.98. The van der Waals surface area contributed by atoms with Gasteiger partial charge >= 0.3 is 0 Å². The quantitative estimate of drug-likeness (QED) is 0.446. The molecule has 0 saturated heterocycles. The average molecular weight is 166 g/mol. The Balaban J connectivity index is 4.56. The second-order valence-corrected chi connectivity index (χ2v) is 5.10. The van der Waals surface area contributed by atoms with E-state index in [0.29, 0.717) is 17.3 Å². The minimum atomic E-state index is 0.362. The molecule has 1 atom stereocenters. The number of allylic oxidation sites excluding steroid dienone is 1. The first kappa shape index (κ1) is 11.8. The van der Waals surface area contributed by atoms with Crippen LogP contribution < -0.4 is 0 Å². The lowest BCUT2D eigenvalue weighted by Gasteiger charge is -2.35. The highest BCUT2D eigenvalue weighted by atomic mass is 14.3. The Labute approximate surface area is 78.9 Å². The van der Waals surface area contributed by atoms with Crippen molar-refractivity contribution in [3.63, 3.8) is 0 Å². The fourth-order valence-electron chi connectivity index (χ4n) is 2.30. The molecule has 0 aromatic rings. The zero-order valence-corrected chi connectivity index (χ0v) is 9.57. The molecule has 0 radical (unpaired) electrons. The van der Waals surface area contributed by atoms with E-state index in [9.17, 15) is 0 Å². The first-order chi connectivity index (χ1) is 5.30. The van der Waals surface area contributed by atoms with Crippen molar-refractivity contribution >= 4 is 7.85 Å². The van der Waals surface area contributed by atoms with E-state index >= 15 is 0 Å². The monoisotopic (exact) mass is 166 g/mol. The van der Waals surface area contributed by atoms with Crippen LogP contribution in [0, 0.1) is 17.3 Å². The largest absolute Gasteiger partial charge is 0.106 e. The van der Waals surface area contributed by atoms with Crippen molar-refractivity contribution in [3.8, 4) is 0 Å². The molecule has 70 valence electrons. The molecule has 0 spiro atoms. The lowest BCUT2D eigenvalue weighted by Crippen LogP contribution is -2.26. The molecule has 0 fully saturated rings. The Morgan fingerprint density at radius 1 is 1.33 bits per heavy atom.